The summed E-state index contributed by atoms with van der Waals surface area (Å²) in [7, 11) is -5.77. The smallest absolute Gasteiger partial charge is 0.264 e. The van der Waals surface area contributed by atoms with Gasteiger partial charge in [-0.1, -0.05) is 105 Å². The molecule has 1 rings (SSSR count). The fourth-order valence-electron chi connectivity index (χ4n) is 4.47. The SMILES string of the molecule is CCCCCCCCCCCCCC[C@H](O[Si](C)(C)C(C)(C)C)[C@@H]1OC(C)(C)OC[C@@H]1OS(C)(=O)=O. The van der Waals surface area contributed by atoms with E-state index in [1.807, 2.05) is 13.8 Å². The van der Waals surface area contributed by atoms with Gasteiger partial charge in [0.15, 0.2) is 14.1 Å². The van der Waals surface area contributed by atoms with E-state index in [0.717, 1.165) is 25.5 Å². The molecule has 0 aliphatic carbocycles. The van der Waals surface area contributed by atoms with Gasteiger partial charge in [-0.25, -0.2) is 0 Å². The van der Waals surface area contributed by atoms with Crippen molar-refractivity contribution in [3.05, 3.63) is 0 Å². The number of unbranched alkanes of at least 4 members (excludes halogenated alkanes) is 11. The molecule has 0 aromatic rings. The molecule has 1 heterocycles. The van der Waals surface area contributed by atoms with Gasteiger partial charge in [-0.05, 0) is 38.4 Å². The summed E-state index contributed by atoms with van der Waals surface area (Å²) in [5, 5.41) is 0.0374. The van der Waals surface area contributed by atoms with Crippen LogP contribution in [-0.2, 0) is 28.2 Å². The lowest BCUT2D eigenvalue weighted by Gasteiger charge is -2.47. The summed E-state index contributed by atoms with van der Waals surface area (Å²) >= 11 is 0. The Morgan fingerprint density at radius 2 is 1.39 bits per heavy atom. The molecule has 0 bridgehead atoms. The van der Waals surface area contributed by atoms with Crippen LogP contribution in [0.25, 0.3) is 0 Å². The Morgan fingerprint density at radius 1 is 0.917 bits per heavy atom. The van der Waals surface area contributed by atoms with E-state index in [9.17, 15) is 8.42 Å². The normalized spacial score (nSPS) is 22.0. The Labute approximate surface area is 224 Å². The minimum atomic E-state index is -3.65. The highest BCUT2D eigenvalue weighted by atomic mass is 32.2. The summed E-state index contributed by atoms with van der Waals surface area (Å²) in [5.74, 6) is -0.812. The topological polar surface area (TPSA) is 71.1 Å². The molecule has 6 nitrogen and oxygen atoms in total. The third kappa shape index (κ3) is 13.7. The van der Waals surface area contributed by atoms with Gasteiger partial charge in [-0.2, -0.15) is 8.42 Å². The Bertz CT molecular complexity index is 701. The van der Waals surface area contributed by atoms with Crippen molar-refractivity contribution >= 4 is 18.4 Å². The van der Waals surface area contributed by atoms with Crippen LogP contribution < -0.4 is 0 Å². The van der Waals surface area contributed by atoms with E-state index in [1.54, 1.807) is 0 Å². The quantitative estimate of drug-likeness (QED) is 0.0979. The van der Waals surface area contributed by atoms with Gasteiger partial charge in [0.25, 0.3) is 10.1 Å². The zero-order valence-electron chi connectivity index (χ0n) is 25.0. The second-order valence-electron chi connectivity index (χ2n) is 12.7. The number of hydrogen-bond donors (Lipinski definition) is 0. The average molecular weight is 551 g/mol. The van der Waals surface area contributed by atoms with Crippen LogP contribution in [0, 0.1) is 0 Å². The summed E-state index contributed by atoms with van der Waals surface area (Å²) < 4.78 is 48.3. The zero-order valence-corrected chi connectivity index (χ0v) is 26.8. The Balaban J connectivity index is 2.69. The Morgan fingerprint density at radius 3 is 1.83 bits per heavy atom. The standard InChI is InChI=1S/C28H58O6SSi/c1-10-11-12-13-14-15-16-17-18-19-20-21-22-24(34-36(8,9)27(2,3)4)26-25(33-35(7,29)30)23-31-28(5,6)32-26/h24-26H,10-23H2,1-9H3/t24-,25-,26-/m0/s1. The first-order valence-electron chi connectivity index (χ1n) is 14.5. The van der Waals surface area contributed by atoms with Gasteiger partial charge < -0.3 is 13.9 Å². The maximum absolute atomic E-state index is 12.0. The molecule has 0 saturated carbocycles. The van der Waals surface area contributed by atoms with E-state index in [0.29, 0.717) is 0 Å². The van der Waals surface area contributed by atoms with Gasteiger partial charge in [0, 0.05) is 0 Å². The highest BCUT2D eigenvalue weighted by molar-refractivity contribution is 7.86. The van der Waals surface area contributed by atoms with E-state index in [-0.39, 0.29) is 17.7 Å². The lowest BCUT2D eigenvalue weighted by Crippen LogP contribution is -2.58. The highest BCUT2D eigenvalue weighted by Crippen LogP contribution is 2.40. The molecule has 1 saturated heterocycles. The van der Waals surface area contributed by atoms with Crippen LogP contribution in [0.5, 0.6) is 0 Å². The van der Waals surface area contributed by atoms with Gasteiger partial charge in [0.2, 0.25) is 0 Å². The van der Waals surface area contributed by atoms with Crippen LogP contribution in [0.2, 0.25) is 18.1 Å². The molecule has 36 heavy (non-hydrogen) atoms. The first-order valence-corrected chi connectivity index (χ1v) is 19.2. The van der Waals surface area contributed by atoms with Gasteiger partial charge in [0.05, 0.1) is 19.0 Å². The van der Waals surface area contributed by atoms with Gasteiger partial charge in [-0.3, -0.25) is 4.18 Å². The van der Waals surface area contributed by atoms with Gasteiger partial charge in [-0.15, -0.1) is 0 Å². The second-order valence-corrected chi connectivity index (χ2v) is 19.1. The first kappa shape index (κ1) is 34.0. The predicted molar refractivity (Wildman–Crippen MR) is 152 cm³/mol. The molecule has 0 amide bonds. The monoisotopic (exact) mass is 550 g/mol. The maximum Gasteiger partial charge on any atom is 0.264 e. The zero-order chi connectivity index (χ0) is 27.5. The summed E-state index contributed by atoms with van der Waals surface area (Å²) in [4.78, 5) is 0. The van der Waals surface area contributed by atoms with E-state index in [4.69, 9.17) is 18.1 Å². The number of ether oxygens (including phenoxy) is 2. The van der Waals surface area contributed by atoms with E-state index >= 15 is 0 Å². The molecule has 0 aromatic heterocycles. The predicted octanol–water partition coefficient (Wildman–Crippen LogP) is 7.96. The average Bonchev–Trinajstić information content (AvgIpc) is 2.73. The maximum atomic E-state index is 12.0. The van der Waals surface area contributed by atoms with Crippen molar-refractivity contribution in [2.45, 2.75) is 167 Å². The van der Waals surface area contributed by atoms with Crippen molar-refractivity contribution < 1.29 is 26.5 Å². The molecule has 1 fully saturated rings. The number of rotatable bonds is 18. The molecule has 1 aliphatic heterocycles. The van der Waals surface area contributed by atoms with E-state index in [2.05, 4.69) is 40.8 Å². The summed E-state index contributed by atoms with van der Waals surface area (Å²) in [6.07, 6.45) is 16.0. The lowest BCUT2D eigenvalue weighted by molar-refractivity contribution is -0.313. The molecule has 0 spiro atoms. The van der Waals surface area contributed by atoms with Crippen molar-refractivity contribution in [3.8, 4) is 0 Å². The minimum absolute atomic E-state index is 0.0374. The van der Waals surface area contributed by atoms with Crippen molar-refractivity contribution in [1.29, 1.82) is 0 Å². The van der Waals surface area contributed by atoms with Crippen LogP contribution in [0.15, 0.2) is 0 Å². The third-order valence-electron chi connectivity index (χ3n) is 7.64. The minimum Gasteiger partial charge on any atom is -0.411 e. The fourth-order valence-corrected chi connectivity index (χ4v) is 6.45. The van der Waals surface area contributed by atoms with Gasteiger partial charge >= 0.3 is 0 Å². The van der Waals surface area contributed by atoms with Crippen molar-refractivity contribution in [3.63, 3.8) is 0 Å². The fraction of sp³-hybridized carbons (Fsp3) is 1.00. The molecule has 216 valence electrons. The lowest BCUT2D eigenvalue weighted by atomic mass is 9.99. The molecular weight excluding hydrogens is 492 g/mol. The molecule has 0 radical (unpaired) electrons. The molecule has 8 heteroatoms. The van der Waals surface area contributed by atoms with E-state index < -0.39 is 36.4 Å². The van der Waals surface area contributed by atoms with Crippen LogP contribution in [0.1, 0.15) is 125 Å². The summed E-state index contributed by atoms with van der Waals surface area (Å²) in [5.41, 5.74) is 0. The summed E-state index contributed by atoms with van der Waals surface area (Å²) in [6, 6.07) is 0. The van der Waals surface area contributed by atoms with Crippen LogP contribution in [0.3, 0.4) is 0 Å². The molecule has 0 N–H and O–H groups in total. The second kappa shape index (κ2) is 15.6. The van der Waals surface area contributed by atoms with Crippen molar-refractivity contribution in [2.75, 3.05) is 12.9 Å². The highest BCUT2D eigenvalue weighted by Gasteiger charge is 2.47. The molecule has 0 unspecified atom stereocenters. The number of hydrogen-bond acceptors (Lipinski definition) is 6. The summed E-state index contributed by atoms with van der Waals surface area (Å²) in [6.45, 7) is 17.3. The van der Waals surface area contributed by atoms with Crippen molar-refractivity contribution in [2.24, 2.45) is 0 Å². The van der Waals surface area contributed by atoms with E-state index in [1.165, 1.54) is 64.2 Å². The molecule has 3 atom stereocenters. The molecule has 1 aliphatic rings. The largest absolute Gasteiger partial charge is 0.411 e. The first-order chi connectivity index (χ1) is 16.6. The van der Waals surface area contributed by atoms with Crippen molar-refractivity contribution in [1.82, 2.24) is 0 Å². The molecule has 0 aromatic carbocycles. The van der Waals surface area contributed by atoms with Crippen LogP contribution >= 0.6 is 0 Å². The third-order valence-corrected chi connectivity index (χ3v) is 12.7. The Kier molecular flexibility index (Phi) is 14.7. The van der Waals surface area contributed by atoms with Crippen LogP contribution in [-0.4, -0.2) is 53.7 Å². The van der Waals surface area contributed by atoms with Gasteiger partial charge in [0.1, 0.15) is 12.2 Å². The Hall–Kier alpha value is 0.00688. The van der Waals surface area contributed by atoms with Crippen LogP contribution in [0.4, 0.5) is 0 Å². The molecular formula is C28H58O6SSi.